The van der Waals surface area contributed by atoms with E-state index in [0.717, 1.165) is 0 Å². The van der Waals surface area contributed by atoms with Gasteiger partial charge in [0.15, 0.2) is 0 Å². The minimum Gasteiger partial charge on any atom is -0.497 e. The van der Waals surface area contributed by atoms with E-state index >= 15 is 0 Å². The number of rotatable bonds is 7. The smallest absolute Gasteiger partial charge is 0.335 e. The van der Waals surface area contributed by atoms with E-state index in [1.165, 1.54) is 44.7 Å². The minimum atomic E-state index is -3.98. The number of carbonyl (C=O) groups is 1. The highest BCUT2D eigenvalue weighted by Crippen LogP contribution is 2.30. The van der Waals surface area contributed by atoms with Crippen molar-refractivity contribution in [3.63, 3.8) is 0 Å². The Kier molecular flexibility index (Phi) is 5.69. The molecule has 0 unspecified atom stereocenters. The van der Waals surface area contributed by atoms with Crippen molar-refractivity contribution in [3.8, 4) is 22.6 Å². The lowest BCUT2D eigenvalue weighted by Crippen LogP contribution is -2.14. The molecule has 0 radical (unpaired) electrons. The zero-order valence-electron chi connectivity index (χ0n) is 15.6. The Bertz CT molecular complexity index is 1140. The van der Waals surface area contributed by atoms with Crippen molar-refractivity contribution in [3.05, 3.63) is 66.5 Å². The molecule has 1 heterocycles. The van der Waals surface area contributed by atoms with Gasteiger partial charge >= 0.3 is 5.97 Å². The molecule has 29 heavy (non-hydrogen) atoms. The number of pyridine rings is 1. The summed E-state index contributed by atoms with van der Waals surface area (Å²) in [7, 11) is -1.16. The molecular weight excluding hydrogens is 396 g/mol. The first-order valence-electron chi connectivity index (χ1n) is 8.37. The molecule has 3 aromatic rings. The third-order valence-corrected chi connectivity index (χ3v) is 5.52. The second kappa shape index (κ2) is 8.19. The van der Waals surface area contributed by atoms with Gasteiger partial charge in [0.05, 0.1) is 31.7 Å². The normalized spacial score (nSPS) is 11.0. The van der Waals surface area contributed by atoms with Crippen LogP contribution in [0.2, 0.25) is 0 Å². The maximum Gasteiger partial charge on any atom is 0.335 e. The number of aromatic carboxylic acids is 1. The average Bonchev–Trinajstić information content (AvgIpc) is 2.73. The highest BCUT2D eigenvalue weighted by atomic mass is 32.2. The molecule has 2 aromatic carbocycles. The van der Waals surface area contributed by atoms with Crippen LogP contribution in [0.1, 0.15) is 10.4 Å². The number of carboxylic acid groups (broad SMARTS) is 1. The molecule has 0 amide bonds. The maximum absolute atomic E-state index is 12.9. The predicted octanol–water partition coefficient (Wildman–Crippen LogP) is 3.26. The molecule has 0 saturated heterocycles. The Hall–Kier alpha value is -3.59. The molecule has 0 aliphatic rings. The number of hydrogen-bond donors (Lipinski definition) is 2. The summed E-state index contributed by atoms with van der Waals surface area (Å²) in [6, 6.07) is 12.3. The Morgan fingerprint density at radius 3 is 2.31 bits per heavy atom. The van der Waals surface area contributed by atoms with E-state index < -0.39 is 16.0 Å². The first-order valence-corrected chi connectivity index (χ1v) is 9.86. The van der Waals surface area contributed by atoms with Crippen molar-refractivity contribution >= 4 is 21.7 Å². The van der Waals surface area contributed by atoms with Crippen molar-refractivity contribution in [2.75, 3.05) is 18.9 Å². The van der Waals surface area contributed by atoms with E-state index in [-0.39, 0.29) is 21.9 Å². The van der Waals surface area contributed by atoms with Gasteiger partial charge in [-0.25, -0.2) is 13.2 Å². The Morgan fingerprint density at radius 2 is 1.69 bits per heavy atom. The van der Waals surface area contributed by atoms with E-state index in [1.54, 1.807) is 30.5 Å². The fourth-order valence-corrected chi connectivity index (χ4v) is 3.88. The number of carboxylic acids is 1. The van der Waals surface area contributed by atoms with Crippen LogP contribution in [0.5, 0.6) is 11.5 Å². The van der Waals surface area contributed by atoms with Crippen molar-refractivity contribution in [1.29, 1.82) is 0 Å². The van der Waals surface area contributed by atoms with Crippen molar-refractivity contribution < 1.29 is 27.8 Å². The second-order valence-electron chi connectivity index (χ2n) is 5.97. The zero-order chi connectivity index (χ0) is 21.0. The molecule has 0 atom stereocenters. The average molecular weight is 414 g/mol. The van der Waals surface area contributed by atoms with Gasteiger partial charge < -0.3 is 14.6 Å². The largest absolute Gasteiger partial charge is 0.497 e. The third-order valence-electron chi connectivity index (χ3n) is 4.12. The molecule has 0 aliphatic heterocycles. The monoisotopic (exact) mass is 414 g/mol. The fourth-order valence-electron chi connectivity index (χ4n) is 2.66. The number of benzene rings is 2. The van der Waals surface area contributed by atoms with Gasteiger partial charge in [-0.2, -0.15) is 0 Å². The van der Waals surface area contributed by atoms with Crippen LogP contribution >= 0.6 is 0 Å². The summed E-state index contributed by atoms with van der Waals surface area (Å²) in [6.45, 7) is 0. The summed E-state index contributed by atoms with van der Waals surface area (Å²) in [5.41, 5.74) is 1.72. The van der Waals surface area contributed by atoms with Crippen LogP contribution < -0.4 is 14.2 Å². The molecule has 0 aliphatic carbocycles. The number of hydrogen-bond acceptors (Lipinski definition) is 6. The molecule has 0 saturated carbocycles. The molecule has 150 valence electrons. The lowest BCUT2D eigenvalue weighted by atomic mass is 10.1. The molecule has 9 heteroatoms. The number of aromatic nitrogens is 1. The first-order chi connectivity index (χ1) is 13.8. The molecule has 0 fully saturated rings. The first kappa shape index (κ1) is 20.2. The lowest BCUT2D eigenvalue weighted by molar-refractivity contribution is 0.0697. The highest BCUT2D eigenvalue weighted by Gasteiger charge is 2.21. The number of nitrogens with zero attached hydrogens (tertiary/aromatic N) is 1. The highest BCUT2D eigenvalue weighted by molar-refractivity contribution is 7.92. The van der Waals surface area contributed by atoms with Crippen LogP contribution in [-0.2, 0) is 10.0 Å². The number of sulfonamides is 1. The van der Waals surface area contributed by atoms with Crippen LogP contribution in [0, 0.1) is 0 Å². The van der Waals surface area contributed by atoms with E-state index in [1.807, 2.05) is 0 Å². The third kappa shape index (κ3) is 4.46. The van der Waals surface area contributed by atoms with Crippen molar-refractivity contribution in [1.82, 2.24) is 4.98 Å². The molecule has 2 N–H and O–H groups in total. The standard InChI is InChI=1S/C20H18N2O6S/c1-27-17-7-8-18(28-2)19(10-17)29(25,26)22-16-9-15(11-21-12-16)13-3-5-14(6-4-13)20(23)24/h3-12,22H,1-2H3,(H,23,24). The molecule has 1 aromatic heterocycles. The van der Waals surface area contributed by atoms with E-state index in [0.29, 0.717) is 16.9 Å². The Morgan fingerprint density at radius 1 is 0.966 bits per heavy atom. The summed E-state index contributed by atoms with van der Waals surface area (Å²) in [5, 5.41) is 9.00. The number of ether oxygens (including phenoxy) is 2. The molecule has 0 spiro atoms. The van der Waals surface area contributed by atoms with Gasteiger partial charge in [-0.1, -0.05) is 12.1 Å². The Balaban J connectivity index is 1.93. The van der Waals surface area contributed by atoms with Gasteiger partial charge in [-0.3, -0.25) is 9.71 Å². The quantitative estimate of drug-likeness (QED) is 0.610. The SMILES string of the molecule is COc1ccc(OC)c(S(=O)(=O)Nc2cncc(-c3ccc(C(=O)O)cc3)c2)c1. The van der Waals surface area contributed by atoms with E-state index in [9.17, 15) is 13.2 Å². The second-order valence-corrected chi connectivity index (χ2v) is 7.62. The van der Waals surface area contributed by atoms with Crippen LogP contribution in [0.25, 0.3) is 11.1 Å². The number of anilines is 1. The van der Waals surface area contributed by atoms with Gasteiger partial charge in [0, 0.05) is 17.8 Å². The summed E-state index contributed by atoms with van der Waals surface area (Å²) < 4.78 is 38.5. The van der Waals surface area contributed by atoms with E-state index in [2.05, 4.69) is 9.71 Å². The van der Waals surface area contributed by atoms with Crippen molar-refractivity contribution in [2.45, 2.75) is 4.90 Å². The van der Waals surface area contributed by atoms with Crippen LogP contribution in [-0.4, -0.2) is 38.7 Å². The minimum absolute atomic E-state index is 0.0736. The lowest BCUT2D eigenvalue weighted by Gasteiger charge is -2.13. The van der Waals surface area contributed by atoms with E-state index in [4.69, 9.17) is 14.6 Å². The van der Waals surface area contributed by atoms with Gasteiger partial charge in [0.25, 0.3) is 10.0 Å². The summed E-state index contributed by atoms with van der Waals surface area (Å²) in [5.74, 6) is -0.480. The summed E-state index contributed by atoms with van der Waals surface area (Å²) >= 11 is 0. The van der Waals surface area contributed by atoms with Crippen molar-refractivity contribution in [2.24, 2.45) is 0 Å². The number of nitrogens with one attached hydrogen (secondary N) is 1. The predicted molar refractivity (Wildman–Crippen MR) is 107 cm³/mol. The molecule has 8 nitrogen and oxygen atoms in total. The molecular formula is C20H18N2O6S. The van der Waals surface area contributed by atoms with Crippen LogP contribution in [0.15, 0.2) is 65.8 Å². The topological polar surface area (TPSA) is 115 Å². The maximum atomic E-state index is 12.9. The molecule has 0 bridgehead atoms. The van der Waals surface area contributed by atoms with Gasteiger partial charge in [0.2, 0.25) is 0 Å². The summed E-state index contributed by atoms with van der Waals surface area (Å²) in [6.07, 6.45) is 2.93. The summed E-state index contributed by atoms with van der Waals surface area (Å²) in [4.78, 5) is 15.0. The van der Waals surface area contributed by atoms with Crippen LogP contribution in [0.4, 0.5) is 5.69 Å². The van der Waals surface area contributed by atoms with Gasteiger partial charge in [-0.15, -0.1) is 0 Å². The number of methoxy groups -OCH3 is 2. The molecule has 3 rings (SSSR count). The fraction of sp³-hybridized carbons (Fsp3) is 0.100. The zero-order valence-corrected chi connectivity index (χ0v) is 16.4. The van der Waals surface area contributed by atoms with Gasteiger partial charge in [-0.05, 0) is 35.9 Å². The van der Waals surface area contributed by atoms with Gasteiger partial charge in [0.1, 0.15) is 16.4 Å². The Labute approximate surface area is 167 Å². The van der Waals surface area contributed by atoms with Crippen LogP contribution in [0.3, 0.4) is 0 Å².